The van der Waals surface area contributed by atoms with E-state index in [1.54, 1.807) is 30.6 Å². The molecule has 21 heavy (non-hydrogen) atoms. The molecule has 1 heterocycles. The molecule has 6 heteroatoms. The maximum absolute atomic E-state index is 13.4. The van der Waals surface area contributed by atoms with Gasteiger partial charge in [-0.1, -0.05) is 12.1 Å². The fourth-order valence-corrected chi connectivity index (χ4v) is 2.80. The Morgan fingerprint density at radius 2 is 2.10 bits per heavy atom. The Bertz CT molecular complexity index is 615. The standard InChI is InChI=1S/C15H17FN2O2S/c1-10-7-8-14(21-10)13(20-2)9-17-15(19)18-12-6-4-3-5-11(12)16/h3-8,13H,9H2,1-2H3,(H2,17,18,19). The molecule has 0 saturated carbocycles. The number of hydrogen-bond donors (Lipinski definition) is 2. The number of anilines is 1. The summed E-state index contributed by atoms with van der Waals surface area (Å²) in [5.74, 6) is -0.468. The number of urea groups is 1. The smallest absolute Gasteiger partial charge is 0.319 e. The number of hydrogen-bond acceptors (Lipinski definition) is 3. The predicted molar refractivity (Wildman–Crippen MR) is 82.2 cm³/mol. The summed E-state index contributed by atoms with van der Waals surface area (Å²) < 4.78 is 18.8. The molecule has 1 atom stereocenters. The van der Waals surface area contributed by atoms with Crippen LogP contribution in [0.2, 0.25) is 0 Å². The van der Waals surface area contributed by atoms with Gasteiger partial charge in [0, 0.05) is 16.9 Å². The first-order chi connectivity index (χ1) is 10.1. The molecule has 1 aromatic heterocycles. The number of benzene rings is 1. The van der Waals surface area contributed by atoms with Gasteiger partial charge in [-0.15, -0.1) is 11.3 Å². The maximum atomic E-state index is 13.4. The molecule has 0 fully saturated rings. The van der Waals surface area contributed by atoms with E-state index in [1.165, 1.54) is 17.0 Å². The lowest BCUT2D eigenvalue weighted by Gasteiger charge is -2.15. The van der Waals surface area contributed by atoms with E-state index in [4.69, 9.17) is 4.74 Å². The minimum Gasteiger partial charge on any atom is -0.374 e. The number of amides is 2. The first-order valence-corrected chi connectivity index (χ1v) is 7.30. The molecule has 2 aromatic rings. The Morgan fingerprint density at radius 1 is 1.33 bits per heavy atom. The SMILES string of the molecule is COC(CNC(=O)Nc1ccccc1F)c1ccc(C)s1. The third kappa shape index (κ3) is 4.27. The number of carbonyl (C=O) groups excluding carboxylic acids is 1. The van der Waals surface area contributed by atoms with Crippen LogP contribution in [0.25, 0.3) is 0 Å². The molecule has 0 bridgehead atoms. The maximum Gasteiger partial charge on any atom is 0.319 e. The van der Waals surface area contributed by atoms with Crippen LogP contribution in [0.15, 0.2) is 36.4 Å². The molecule has 2 amide bonds. The van der Waals surface area contributed by atoms with E-state index in [1.807, 2.05) is 19.1 Å². The Labute approximate surface area is 126 Å². The zero-order valence-corrected chi connectivity index (χ0v) is 12.7. The van der Waals surface area contributed by atoms with Crippen LogP contribution in [0.4, 0.5) is 14.9 Å². The molecule has 0 aliphatic rings. The van der Waals surface area contributed by atoms with E-state index in [-0.39, 0.29) is 11.8 Å². The number of para-hydroxylation sites is 1. The summed E-state index contributed by atoms with van der Waals surface area (Å²) in [6, 6.07) is 9.54. The molecule has 0 spiro atoms. The fraction of sp³-hybridized carbons (Fsp3) is 0.267. The Kier molecular flexibility index (Phi) is 5.30. The molecule has 112 valence electrons. The fourth-order valence-electron chi connectivity index (χ4n) is 1.84. The third-order valence-corrected chi connectivity index (χ3v) is 4.03. The number of carbonyl (C=O) groups is 1. The molecule has 1 aromatic carbocycles. The van der Waals surface area contributed by atoms with Crippen LogP contribution in [0, 0.1) is 12.7 Å². The van der Waals surface area contributed by atoms with Crippen molar-refractivity contribution in [2.24, 2.45) is 0 Å². The molecular formula is C15H17FN2O2S. The van der Waals surface area contributed by atoms with Crippen molar-refractivity contribution < 1.29 is 13.9 Å². The first-order valence-electron chi connectivity index (χ1n) is 6.48. The Hall–Kier alpha value is -1.92. The van der Waals surface area contributed by atoms with Crippen LogP contribution in [-0.4, -0.2) is 19.7 Å². The second-order valence-electron chi connectivity index (χ2n) is 4.49. The van der Waals surface area contributed by atoms with Gasteiger partial charge in [0.25, 0.3) is 0 Å². The van der Waals surface area contributed by atoms with E-state index in [0.717, 1.165) is 4.88 Å². The zero-order chi connectivity index (χ0) is 15.2. The van der Waals surface area contributed by atoms with Crippen molar-refractivity contribution in [3.05, 3.63) is 52.0 Å². The van der Waals surface area contributed by atoms with Gasteiger partial charge in [0.15, 0.2) is 0 Å². The highest BCUT2D eigenvalue weighted by Gasteiger charge is 2.14. The van der Waals surface area contributed by atoms with Gasteiger partial charge in [-0.2, -0.15) is 0 Å². The molecule has 0 aliphatic heterocycles. The van der Waals surface area contributed by atoms with Crippen molar-refractivity contribution in [1.29, 1.82) is 0 Å². The van der Waals surface area contributed by atoms with Crippen LogP contribution in [0.3, 0.4) is 0 Å². The number of halogens is 1. The van der Waals surface area contributed by atoms with Crippen molar-refractivity contribution in [3.8, 4) is 0 Å². The second kappa shape index (κ2) is 7.19. The van der Waals surface area contributed by atoms with E-state index >= 15 is 0 Å². The second-order valence-corrected chi connectivity index (χ2v) is 5.81. The van der Waals surface area contributed by atoms with Crippen LogP contribution in [0.5, 0.6) is 0 Å². The van der Waals surface area contributed by atoms with Crippen molar-refractivity contribution in [1.82, 2.24) is 5.32 Å². The summed E-state index contributed by atoms with van der Waals surface area (Å²) in [6.07, 6.45) is -0.213. The van der Waals surface area contributed by atoms with Crippen LogP contribution in [-0.2, 0) is 4.74 Å². The average molecular weight is 308 g/mol. The summed E-state index contributed by atoms with van der Waals surface area (Å²) in [4.78, 5) is 14.0. The summed E-state index contributed by atoms with van der Waals surface area (Å²) >= 11 is 1.62. The van der Waals surface area contributed by atoms with E-state index in [9.17, 15) is 9.18 Å². The van der Waals surface area contributed by atoms with Gasteiger partial charge in [0.05, 0.1) is 12.2 Å². The Balaban J connectivity index is 1.89. The Morgan fingerprint density at radius 3 is 2.71 bits per heavy atom. The zero-order valence-electron chi connectivity index (χ0n) is 11.9. The highest BCUT2D eigenvalue weighted by Crippen LogP contribution is 2.24. The third-order valence-electron chi connectivity index (χ3n) is 2.93. The molecule has 1 unspecified atom stereocenters. The molecular weight excluding hydrogens is 291 g/mol. The van der Waals surface area contributed by atoms with Gasteiger partial charge in [-0.25, -0.2) is 9.18 Å². The molecule has 0 radical (unpaired) electrons. The molecule has 2 rings (SSSR count). The van der Waals surface area contributed by atoms with E-state index in [2.05, 4.69) is 10.6 Å². The van der Waals surface area contributed by atoms with E-state index in [0.29, 0.717) is 6.54 Å². The number of nitrogens with one attached hydrogen (secondary N) is 2. The van der Waals surface area contributed by atoms with Crippen LogP contribution in [0.1, 0.15) is 15.9 Å². The van der Waals surface area contributed by atoms with Crippen molar-refractivity contribution >= 4 is 23.1 Å². The lowest BCUT2D eigenvalue weighted by atomic mass is 10.3. The summed E-state index contributed by atoms with van der Waals surface area (Å²) in [6.45, 7) is 2.33. The van der Waals surface area contributed by atoms with Crippen molar-refractivity contribution in [2.75, 3.05) is 19.0 Å². The van der Waals surface area contributed by atoms with Gasteiger partial charge < -0.3 is 15.4 Å². The lowest BCUT2D eigenvalue weighted by molar-refractivity contribution is 0.107. The van der Waals surface area contributed by atoms with Crippen LogP contribution >= 0.6 is 11.3 Å². The monoisotopic (exact) mass is 308 g/mol. The number of ether oxygens (including phenoxy) is 1. The highest BCUT2D eigenvalue weighted by molar-refractivity contribution is 7.12. The minimum absolute atomic E-state index is 0.149. The van der Waals surface area contributed by atoms with Crippen LogP contribution < -0.4 is 10.6 Å². The first kappa shape index (κ1) is 15.5. The van der Waals surface area contributed by atoms with Gasteiger partial charge in [0.1, 0.15) is 11.9 Å². The summed E-state index contributed by atoms with van der Waals surface area (Å²) in [5, 5.41) is 5.15. The topological polar surface area (TPSA) is 50.4 Å². The summed E-state index contributed by atoms with van der Waals surface area (Å²) in [7, 11) is 1.59. The number of thiophene rings is 1. The normalized spacial score (nSPS) is 12.0. The van der Waals surface area contributed by atoms with Crippen molar-refractivity contribution in [3.63, 3.8) is 0 Å². The largest absolute Gasteiger partial charge is 0.374 e. The van der Waals surface area contributed by atoms with Gasteiger partial charge in [0.2, 0.25) is 0 Å². The number of aryl methyl sites for hydroxylation is 1. The molecule has 2 N–H and O–H groups in total. The quantitative estimate of drug-likeness (QED) is 0.885. The van der Waals surface area contributed by atoms with Gasteiger partial charge >= 0.3 is 6.03 Å². The average Bonchev–Trinajstić information content (AvgIpc) is 2.89. The molecule has 0 saturated heterocycles. The summed E-state index contributed by atoms with van der Waals surface area (Å²) in [5.41, 5.74) is 0.149. The number of rotatable bonds is 5. The highest BCUT2D eigenvalue weighted by atomic mass is 32.1. The molecule has 0 aliphatic carbocycles. The predicted octanol–water partition coefficient (Wildman–Crippen LogP) is 3.70. The van der Waals surface area contributed by atoms with Crippen molar-refractivity contribution in [2.45, 2.75) is 13.0 Å². The molecule has 4 nitrogen and oxygen atoms in total. The van der Waals surface area contributed by atoms with Gasteiger partial charge in [-0.05, 0) is 31.2 Å². The van der Waals surface area contributed by atoms with Gasteiger partial charge in [-0.3, -0.25) is 0 Å². The van der Waals surface area contributed by atoms with E-state index < -0.39 is 11.8 Å². The number of methoxy groups -OCH3 is 1. The minimum atomic E-state index is -0.468. The lowest BCUT2D eigenvalue weighted by Crippen LogP contribution is -2.33.